The Balaban J connectivity index is 0.000000196. The number of hydrogen-bond acceptors (Lipinski definition) is 4. The predicted molar refractivity (Wildman–Crippen MR) is 103 cm³/mol. The summed E-state index contributed by atoms with van der Waals surface area (Å²) in [5.74, 6) is 0. The highest BCUT2D eigenvalue weighted by Crippen LogP contribution is 1.99. The molecule has 2 N–H and O–H groups in total. The summed E-state index contributed by atoms with van der Waals surface area (Å²) in [5.41, 5.74) is 3.76. The van der Waals surface area contributed by atoms with Crippen molar-refractivity contribution >= 4 is 0 Å². The van der Waals surface area contributed by atoms with Crippen molar-refractivity contribution in [1.29, 1.82) is 0 Å². The topological polar surface area (TPSA) is 49.8 Å². The van der Waals surface area contributed by atoms with Crippen molar-refractivity contribution in [3.05, 3.63) is 96.1 Å². The minimum Gasteiger partial charge on any atom is -0.313 e. The van der Waals surface area contributed by atoms with Crippen LogP contribution in [-0.4, -0.2) is 16.5 Å². The van der Waals surface area contributed by atoms with Gasteiger partial charge in [-0.15, -0.1) is 0 Å². The molecule has 0 aliphatic carbocycles. The first-order valence-corrected chi connectivity index (χ1v) is 8.61. The third-order valence-electron chi connectivity index (χ3n) is 3.53. The Kier molecular flexibility index (Phi) is 8.93. The lowest BCUT2D eigenvalue weighted by Crippen LogP contribution is -2.12. The van der Waals surface area contributed by atoms with Crippen LogP contribution in [0.15, 0.2) is 79.4 Å². The molecule has 0 aliphatic rings. The molecule has 0 spiro atoms. The lowest BCUT2D eigenvalue weighted by molar-refractivity contribution is 0.691. The van der Waals surface area contributed by atoms with E-state index in [-0.39, 0.29) is 0 Å². The highest BCUT2D eigenvalue weighted by molar-refractivity contribution is 5.15. The van der Waals surface area contributed by atoms with Gasteiger partial charge < -0.3 is 10.6 Å². The summed E-state index contributed by atoms with van der Waals surface area (Å²) >= 11 is 0. The van der Waals surface area contributed by atoms with Crippen LogP contribution in [0.1, 0.15) is 23.6 Å². The second-order valence-corrected chi connectivity index (χ2v) is 5.59. The van der Waals surface area contributed by atoms with Gasteiger partial charge in [-0.25, -0.2) is 0 Å². The molecule has 2 aromatic heterocycles. The van der Waals surface area contributed by atoms with Crippen LogP contribution in [0.4, 0.5) is 0 Å². The lowest BCUT2D eigenvalue weighted by Gasteiger charge is -2.04. The van der Waals surface area contributed by atoms with E-state index in [0.717, 1.165) is 26.2 Å². The highest BCUT2D eigenvalue weighted by atomic mass is 14.9. The number of benzene rings is 1. The summed E-state index contributed by atoms with van der Waals surface area (Å²) in [5, 5.41) is 6.60. The van der Waals surface area contributed by atoms with E-state index >= 15 is 0 Å². The predicted octanol–water partition coefficient (Wildman–Crippen LogP) is 3.56. The Hall–Kier alpha value is -2.56. The zero-order valence-corrected chi connectivity index (χ0v) is 14.7. The molecule has 0 saturated carbocycles. The van der Waals surface area contributed by atoms with E-state index in [0.29, 0.717) is 0 Å². The average Bonchev–Trinajstić information content (AvgIpc) is 2.69. The molecule has 0 saturated heterocycles. The zero-order chi connectivity index (χ0) is 17.6. The Morgan fingerprint density at radius 3 is 1.68 bits per heavy atom. The molecule has 0 fully saturated rings. The van der Waals surface area contributed by atoms with Gasteiger partial charge in [0.05, 0.1) is 0 Å². The molecular formula is C21H26N4. The van der Waals surface area contributed by atoms with Crippen LogP contribution in [0.5, 0.6) is 0 Å². The van der Waals surface area contributed by atoms with Crippen molar-refractivity contribution in [3.8, 4) is 0 Å². The van der Waals surface area contributed by atoms with Crippen LogP contribution in [0.2, 0.25) is 0 Å². The second-order valence-electron chi connectivity index (χ2n) is 5.59. The van der Waals surface area contributed by atoms with Crippen molar-refractivity contribution in [1.82, 2.24) is 20.6 Å². The van der Waals surface area contributed by atoms with Crippen LogP contribution in [0.25, 0.3) is 0 Å². The van der Waals surface area contributed by atoms with Crippen LogP contribution in [0.3, 0.4) is 0 Å². The van der Waals surface area contributed by atoms with E-state index in [9.17, 15) is 0 Å². The molecule has 0 atom stereocenters. The molecule has 0 bridgehead atoms. The van der Waals surface area contributed by atoms with Crippen molar-refractivity contribution in [2.45, 2.75) is 26.6 Å². The molecule has 130 valence electrons. The average molecular weight is 334 g/mol. The summed E-state index contributed by atoms with van der Waals surface area (Å²) in [7, 11) is 0. The second kappa shape index (κ2) is 11.9. The largest absolute Gasteiger partial charge is 0.313 e. The smallest absolute Gasteiger partial charge is 0.0312 e. The zero-order valence-electron chi connectivity index (χ0n) is 14.7. The van der Waals surface area contributed by atoms with Crippen molar-refractivity contribution < 1.29 is 0 Å². The highest BCUT2D eigenvalue weighted by Gasteiger charge is 1.92. The van der Waals surface area contributed by atoms with Crippen molar-refractivity contribution in [2.75, 3.05) is 6.54 Å². The standard InChI is InChI=1S/C13H14N2.C8H12N2/c1-2-5-12(6-3-1)9-15-11-13-7-4-8-14-10-13;1-2-9-6-8-4-3-5-10-7-8/h1-8,10,15H,9,11H2;3-5,7,9H,2,6H2,1H3. The summed E-state index contributed by atoms with van der Waals surface area (Å²) in [6.07, 6.45) is 7.34. The summed E-state index contributed by atoms with van der Waals surface area (Å²) < 4.78 is 0. The van der Waals surface area contributed by atoms with Crippen LogP contribution < -0.4 is 10.6 Å². The maximum Gasteiger partial charge on any atom is 0.0312 e. The third kappa shape index (κ3) is 8.20. The summed E-state index contributed by atoms with van der Waals surface area (Å²) in [4.78, 5) is 8.07. The maximum atomic E-state index is 4.07. The Morgan fingerprint density at radius 1 is 0.640 bits per heavy atom. The Morgan fingerprint density at radius 2 is 1.16 bits per heavy atom. The van der Waals surface area contributed by atoms with Gasteiger partial charge in [0.15, 0.2) is 0 Å². The fourth-order valence-electron chi connectivity index (χ4n) is 2.22. The molecule has 0 radical (unpaired) electrons. The number of nitrogens with one attached hydrogen (secondary N) is 2. The van der Waals surface area contributed by atoms with Gasteiger partial charge in [0.1, 0.15) is 0 Å². The molecule has 3 aromatic rings. The van der Waals surface area contributed by atoms with Gasteiger partial charge in [0.2, 0.25) is 0 Å². The number of pyridine rings is 2. The summed E-state index contributed by atoms with van der Waals surface area (Å²) in [6.45, 7) is 5.79. The van der Waals surface area contributed by atoms with Crippen LogP contribution in [-0.2, 0) is 19.6 Å². The van der Waals surface area contributed by atoms with Gasteiger partial charge in [-0.2, -0.15) is 0 Å². The van der Waals surface area contributed by atoms with Gasteiger partial charge in [-0.3, -0.25) is 9.97 Å². The minimum atomic E-state index is 0.864. The monoisotopic (exact) mass is 334 g/mol. The third-order valence-corrected chi connectivity index (χ3v) is 3.53. The molecule has 0 amide bonds. The van der Waals surface area contributed by atoms with E-state index in [4.69, 9.17) is 0 Å². The fourth-order valence-corrected chi connectivity index (χ4v) is 2.22. The van der Waals surface area contributed by atoms with Crippen molar-refractivity contribution in [3.63, 3.8) is 0 Å². The van der Waals surface area contributed by atoms with Gasteiger partial charge in [-0.1, -0.05) is 49.4 Å². The number of nitrogens with zero attached hydrogens (tertiary/aromatic N) is 2. The normalized spacial score (nSPS) is 9.96. The molecular weight excluding hydrogens is 308 g/mol. The van der Waals surface area contributed by atoms with E-state index in [1.807, 2.05) is 30.6 Å². The van der Waals surface area contributed by atoms with E-state index < -0.39 is 0 Å². The molecule has 0 unspecified atom stereocenters. The quantitative estimate of drug-likeness (QED) is 0.694. The molecule has 2 heterocycles. The van der Waals surface area contributed by atoms with Gasteiger partial charge in [0.25, 0.3) is 0 Å². The number of hydrogen-bond donors (Lipinski definition) is 2. The molecule has 4 nitrogen and oxygen atoms in total. The van der Waals surface area contributed by atoms with E-state index in [1.165, 1.54) is 16.7 Å². The minimum absolute atomic E-state index is 0.864. The van der Waals surface area contributed by atoms with Gasteiger partial charge >= 0.3 is 0 Å². The Labute approximate surface area is 150 Å². The SMILES string of the molecule is CCNCc1cccnc1.c1ccc(CNCc2cccnc2)cc1. The number of aromatic nitrogens is 2. The first-order chi connectivity index (χ1) is 12.4. The lowest BCUT2D eigenvalue weighted by atomic mass is 10.2. The molecule has 25 heavy (non-hydrogen) atoms. The Bertz CT molecular complexity index is 633. The molecule has 0 aliphatic heterocycles. The fraction of sp³-hybridized carbons (Fsp3) is 0.238. The van der Waals surface area contributed by atoms with Crippen LogP contribution in [0, 0.1) is 0 Å². The maximum absolute atomic E-state index is 4.07. The molecule has 1 aromatic carbocycles. The molecule has 4 heteroatoms. The first-order valence-electron chi connectivity index (χ1n) is 8.61. The van der Waals surface area contributed by atoms with E-state index in [2.05, 4.69) is 63.9 Å². The number of rotatable bonds is 7. The summed E-state index contributed by atoms with van der Waals surface area (Å²) in [6, 6.07) is 18.4. The van der Waals surface area contributed by atoms with Crippen LogP contribution >= 0.6 is 0 Å². The first kappa shape index (κ1) is 18.8. The van der Waals surface area contributed by atoms with Gasteiger partial charge in [-0.05, 0) is 35.4 Å². The van der Waals surface area contributed by atoms with Gasteiger partial charge in [0, 0.05) is 44.4 Å². The van der Waals surface area contributed by atoms with Crippen molar-refractivity contribution in [2.24, 2.45) is 0 Å². The van der Waals surface area contributed by atoms with E-state index in [1.54, 1.807) is 12.4 Å². The molecule has 3 rings (SSSR count).